The Labute approximate surface area is 128 Å². The van der Waals surface area contributed by atoms with Crippen LogP contribution in [-0.4, -0.2) is 56.6 Å². The van der Waals surface area contributed by atoms with E-state index in [4.69, 9.17) is 18.8 Å². The molecule has 1 saturated carbocycles. The molecule has 22 heavy (non-hydrogen) atoms. The van der Waals surface area contributed by atoms with Crippen molar-refractivity contribution >= 4 is 22.1 Å². The maximum atomic E-state index is 12.1. The van der Waals surface area contributed by atoms with E-state index in [-0.39, 0.29) is 12.7 Å². The van der Waals surface area contributed by atoms with Crippen molar-refractivity contribution in [2.45, 2.75) is 31.8 Å². The Kier molecular flexibility index (Phi) is 5.76. The maximum Gasteiger partial charge on any atom is 0.309 e. The molecule has 1 aliphatic carbocycles. The van der Waals surface area contributed by atoms with Crippen LogP contribution in [0.1, 0.15) is 25.7 Å². The summed E-state index contributed by atoms with van der Waals surface area (Å²) in [6.45, 7) is 0.352. The Morgan fingerprint density at radius 3 is 2.14 bits per heavy atom. The molecule has 2 fully saturated rings. The van der Waals surface area contributed by atoms with Crippen LogP contribution in [0.5, 0.6) is 0 Å². The first-order valence-electron chi connectivity index (χ1n) is 7.27. The minimum Gasteiger partial charge on any atom is -0.464 e. The standard InChI is InChI=1S/C13H20O8S/c14-12(19-5-6-22(16,17)18)10-3-1-2-4-11(10)13(15)21-8-9-7-20-9/h9-11H,1-8H2,(H,16,17,18)/t9-,10?,11?/m0/s1. The molecule has 9 heteroatoms. The molecule has 0 aromatic heterocycles. The third-order valence-corrected chi connectivity index (χ3v) is 4.45. The average molecular weight is 336 g/mol. The molecular formula is C13H20O8S. The maximum absolute atomic E-state index is 12.1. The highest BCUT2D eigenvalue weighted by molar-refractivity contribution is 7.85. The van der Waals surface area contributed by atoms with E-state index in [9.17, 15) is 18.0 Å². The third kappa shape index (κ3) is 5.54. The molecule has 1 aliphatic heterocycles. The summed E-state index contributed by atoms with van der Waals surface area (Å²) in [4.78, 5) is 24.1. The highest BCUT2D eigenvalue weighted by Gasteiger charge is 2.38. The Hall–Kier alpha value is -1.19. The molecule has 0 amide bonds. The predicted molar refractivity (Wildman–Crippen MR) is 73.5 cm³/mol. The van der Waals surface area contributed by atoms with Gasteiger partial charge in [-0.2, -0.15) is 8.42 Å². The van der Waals surface area contributed by atoms with Crippen molar-refractivity contribution in [1.82, 2.24) is 0 Å². The Morgan fingerprint density at radius 2 is 1.64 bits per heavy atom. The van der Waals surface area contributed by atoms with Gasteiger partial charge in [0.15, 0.2) is 0 Å². The SMILES string of the molecule is O=C(OCCS(=O)(=O)O)C1CCCCC1C(=O)OC[C@@H]1CO1. The van der Waals surface area contributed by atoms with E-state index in [1.807, 2.05) is 0 Å². The first kappa shape index (κ1) is 17.2. The molecule has 0 aromatic rings. The quantitative estimate of drug-likeness (QED) is 0.397. The number of hydrogen-bond donors (Lipinski definition) is 1. The Bertz CT molecular complexity index is 510. The highest BCUT2D eigenvalue weighted by atomic mass is 32.2. The molecule has 0 spiro atoms. The van der Waals surface area contributed by atoms with Crippen LogP contribution in [-0.2, 0) is 33.9 Å². The molecule has 2 rings (SSSR count). The van der Waals surface area contributed by atoms with Crippen molar-refractivity contribution in [3.8, 4) is 0 Å². The van der Waals surface area contributed by atoms with Gasteiger partial charge in [0.1, 0.15) is 25.1 Å². The lowest BCUT2D eigenvalue weighted by Gasteiger charge is -2.28. The van der Waals surface area contributed by atoms with E-state index in [2.05, 4.69) is 0 Å². The Morgan fingerprint density at radius 1 is 1.09 bits per heavy atom. The number of ether oxygens (including phenoxy) is 3. The van der Waals surface area contributed by atoms with Gasteiger partial charge in [0, 0.05) is 0 Å². The van der Waals surface area contributed by atoms with E-state index < -0.39 is 46.3 Å². The smallest absolute Gasteiger partial charge is 0.309 e. The summed E-state index contributed by atoms with van der Waals surface area (Å²) in [5.41, 5.74) is 0. The van der Waals surface area contributed by atoms with Crippen LogP contribution in [0.3, 0.4) is 0 Å². The summed E-state index contributed by atoms with van der Waals surface area (Å²) in [5.74, 6) is -2.90. The molecule has 3 atom stereocenters. The summed E-state index contributed by atoms with van der Waals surface area (Å²) in [6, 6.07) is 0. The number of rotatable bonds is 7. The van der Waals surface area contributed by atoms with Crippen molar-refractivity contribution in [2.75, 3.05) is 25.6 Å². The highest BCUT2D eigenvalue weighted by Crippen LogP contribution is 2.32. The van der Waals surface area contributed by atoms with E-state index in [1.54, 1.807) is 0 Å². The minimum atomic E-state index is -4.17. The average Bonchev–Trinajstić information content (AvgIpc) is 3.27. The number of epoxide rings is 1. The second kappa shape index (κ2) is 7.38. The van der Waals surface area contributed by atoms with Crippen molar-refractivity contribution in [3.63, 3.8) is 0 Å². The minimum absolute atomic E-state index is 0.0345. The first-order valence-corrected chi connectivity index (χ1v) is 8.88. The second-order valence-electron chi connectivity index (χ2n) is 5.54. The van der Waals surface area contributed by atoms with Gasteiger partial charge in [0.2, 0.25) is 0 Å². The summed E-state index contributed by atoms with van der Waals surface area (Å²) in [7, 11) is -4.17. The zero-order valence-corrected chi connectivity index (χ0v) is 12.9. The molecular weight excluding hydrogens is 316 g/mol. The number of carbonyl (C=O) groups is 2. The van der Waals surface area contributed by atoms with Crippen molar-refractivity contribution in [2.24, 2.45) is 11.8 Å². The molecule has 0 radical (unpaired) electrons. The van der Waals surface area contributed by atoms with Crippen LogP contribution in [0, 0.1) is 11.8 Å². The predicted octanol–water partition coefficient (Wildman–Crippen LogP) is 0.166. The lowest BCUT2D eigenvalue weighted by atomic mass is 9.79. The molecule has 8 nitrogen and oxygen atoms in total. The normalized spacial score (nSPS) is 28.0. The van der Waals surface area contributed by atoms with Crippen molar-refractivity contribution in [1.29, 1.82) is 0 Å². The summed E-state index contributed by atoms with van der Waals surface area (Å²) in [6.07, 6.45) is 2.64. The van der Waals surface area contributed by atoms with E-state index in [1.165, 1.54) is 0 Å². The van der Waals surface area contributed by atoms with Gasteiger partial charge in [0.25, 0.3) is 10.1 Å². The molecule has 2 unspecified atom stereocenters. The fraction of sp³-hybridized carbons (Fsp3) is 0.846. The van der Waals surface area contributed by atoms with Gasteiger partial charge in [-0.3, -0.25) is 14.1 Å². The van der Waals surface area contributed by atoms with Crippen LogP contribution in [0.2, 0.25) is 0 Å². The summed E-state index contributed by atoms with van der Waals surface area (Å²) in [5, 5.41) is 0. The van der Waals surface area contributed by atoms with Gasteiger partial charge in [-0.25, -0.2) is 0 Å². The fourth-order valence-electron chi connectivity index (χ4n) is 2.50. The largest absolute Gasteiger partial charge is 0.464 e. The topological polar surface area (TPSA) is 120 Å². The van der Waals surface area contributed by atoms with Crippen LogP contribution in [0.25, 0.3) is 0 Å². The van der Waals surface area contributed by atoms with Crippen molar-refractivity contribution in [3.05, 3.63) is 0 Å². The number of hydrogen-bond acceptors (Lipinski definition) is 7. The lowest BCUT2D eigenvalue weighted by Crippen LogP contribution is -2.36. The van der Waals surface area contributed by atoms with Gasteiger partial charge in [-0.1, -0.05) is 12.8 Å². The van der Waals surface area contributed by atoms with Crippen molar-refractivity contribution < 1.29 is 36.8 Å². The number of esters is 2. The van der Waals surface area contributed by atoms with Gasteiger partial charge < -0.3 is 14.2 Å². The summed E-state index contributed by atoms with van der Waals surface area (Å²) >= 11 is 0. The number of carbonyl (C=O) groups excluding carboxylic acids is 2. The molecule has 126 valence electrons. The van der Waals surface area contributed by atoms with Crippen LogP contribution >= 0.6 is 0 Å². The van der Waals surface area contributed by atoms with E-state index >= 15 is 0 Å². The third-order valence-electron chi connectivity index (χ3n) is 3.77. The van der Waals surface area contributed by atoms with Gasteiger partial charge in [0.05, 0.1) is 18.4 Å². The molecule has 1 saturated heterocycles. The summed E-state index contributed by atoms with van der Waals surface area (Å²) < 4.78 is 44.8. The monoisotopic (exact) mass is 336 g/mol. The van der Waals surface area contributed by atoms with E-state index in [0.29, 0.717) is 19.4 Å². The molecule has 1 heterocycles. The molecule has 1 N–H and O–H groups in total. The van der Waals surface area contributed by atoms with Gasteiger partial charge in [-0.05, 0) is 12.8 Å². The zero-order chi connectivity index (χ0) is 16.2. The van der Waals surface area contributed by atoms with Gasteiger partial charge in [-0.15, -0.1) is 0 Å². The van der Waals surface area contributed by atoms with Gasteiger partial charge >= 0.3 is 11.9 Å². The zero-order valence-electron chi connectivity index (χ0n) is 12.1. The lowest BCUT2D eigenvalue weighted by molar-refractivity contribution is -0.162. The molecule has 0 bridgehead atoms. The van der Waals surface area contributed by atoms with Crippen LogP contribution in [0.15, 0.2) is 0 Å². The van der Waals surface area contributed by atoms with Crippen LogP contribution in [0.4, 0.5) is 0 Å². The first-order chi connectivity index (χ1) is 10.4. The Balaban J connectivity index is 1.84. The second-order valence-corrected chi connectivity index (χ2v) is 7.11. The van der Waals surface area contributed by atoms with E-state index in [0.717, 1.165) is 12.8 Å². The molecule has 0 aromatic carbocycles. The fourth-order valence-corrected chi connectivity index (χ4v) is 2.79. The van der Waals surface area contributed by atoms with Crippen LogP contribution < -0.4 is 0 Å². The molecule has 2 aliphatic rings.